The smallest absolute Gasteiger partial charge is 0.181 e. The summed E-state index contributed by atoms with van der Waals surface area (Å²) in [6, 6.07) is 5.72. The van der Waals surface area contributed by atoms with Crippen molar-refractivity contribution in [2.45, 2.75) is 0 Å². The fraction of sp³-hybridized carbons (Fsp3) is 0. The van der Waals surface area contributed by atoms with Crippen molar-refractivity contribution in [3.05, 3.63) is 29.1 Å². The van der Waals surface area contributed by atoms with Crippen molar-refractivity contribution in [2.75, 3.05) is 0 Å². The lowest BCUT2D eigenvalue weighted by Gasteiger charge is -1.85. The van der Waals surface area contributed by atoms with Crippen LogP contribution < -0.4 is 0 Å². The Kier molecular flexibility index (Phi) is 1.24. The summed E-state index contributed by atoms with van der Waals surface area (Å²) in [6.45, 7) is 0. The summed E-state index contributed by atoms with van der Waals surface area (Å²) in [5, 5.41) is 0. The Hall–Kier alpha value is -0.830. The van der Waals surface area contributed by atoms with E-state index in [0.717, 1.165) is 15.6 Å². The summed E-state index contributed by atoms with van der Waals surface area (Å²) < 4.78 is 6.06. The minimum atomic E-state index is 0.822. The van der Waals surface area contributed by atoms with Crippen LogP contribution in [0.3, 0.4) is 0 Å². The fourth-order valence-corrected chi connectivity index (χ4v) is 1.18. The third-order valence-electron chi connectivity index (χ3n) is 1.29. The Morgan fingerprint density at radius 1 is 1.40 bits per heavy atom. The van der Waals surface area contributed by atoms with Gasteiger partial charge in [-0.3, -0.25) is 0 Å². The van der Waals surface area contributed by atoms with Crippen LogP contribution >= 0.6 is 15.9 Å². The lowest BCUT2D eigenvalue weighted by molar-refractivity contribution is 0.602. The molecular weight excluding hydrogens is 194 g/mol. The van der Waals surface area contributed by atoms with E-state index >= 15 is 0 Å². The van der Waals surface area contributed by atoms with Gasteiger partial charge in [-0.1, -0.05) is 15.9 Å². The normalized spacial score (nSPS) is 10.5. The monoisotopic (exact) mass is 197 g/mol. The van der Waals surface area contributed by atoms with E-state index in [-0.39, 0.29) is 0 Å². The average molecular weight is 198 g/mol. The van der Waals surface area contributed by atoms with Crippen LogP contribution in [0.15, 0.2) is 33.5 Å². The molecule has 0 aliphatic carbocycles. The maximum atomic E-state index is 5.04. The van der Waals surface area contributed by atoms with Crippen LogP contribution in [0, 0.1) is 0 Å². The zero-order chi connectivity index (χ0) is 6.97. The first kappa shape index (κ1) is 5.92. The standard InChI is InChI=1S/C7H4BrNO/c8-5-1-2-7-6(3-5)9-4-10-7/h1-4H. The molecule has 1 aromatic carbocycles. The predicted molar refractivity (Wildman–Crippen MR) is 41.7 cm³/mol. The second-order valence-corrected chi connectivity index (χ2v) is 2.88. The maximum Gasteiger partial charge on any atom is 0.181 e. The summed E-state index contributed by atoms with van der Waals surface area (Å²) in [7, 11) is 0. The van der Waals surface area contributed by atoms with Gasteiger partial charge < -0.3 is 4.42 Å². The lowest BCUT2D eigenvalue weighted by atomic mass is 10.3. The van der Waals surface area contributed by atoms with Gasteiger partial charge in [-0.05, 0) is 18.2 Å². The highest BCUT2D eigenvalue weighted by atomic mass is 79.9. The third kappa shape index (κ3) is 0.827. The number of fused-ring (bicyclic) bond motifs is 1. The van der Waals surface area contributed by atoms with Gasteiger partial charge in [0.15, 0.2) is 12.0 Å². The topological polar surface area (TPSA) is 26.0 Å². The number of hydrogen-bond donors (Lipinski definition) is 0. The zero-order valence-electron chi connectivity index (χ0n) is 5.04. The van der Waals surface area contributed by atoms with Crippen molar-refractivity contribution < 1.29 is 4.42 Å². The molecule has 0 saturated carbocycles. The second-order valence-electron chi connectivity index (χ2n) is 1.96. The molecule has 10 heavy (non-hydrogen) atoms. The van der Waals surface area contributed by atoms with Gasteiger partial charge in [-0.15, -0.1) is 0 Å². The molecule has 0 unspecified atom stereocenters. The molecule has 0 N–H and O–H groups in total. The van der Waals surface area contributed by atoms with Gasteiger partial charge in [0.25, 0.3) is 0 Å². The van der Waals surface area contributed by atoms with Gasteiger partial charge in [0.05, 0.1) is 0 Å². The van der Waals surface area contributed by atoms with Gasteiger partial charge in [0, 0.05) is 4.47 Å². The molecule has 2 rings (SSSR count). The molecule has 2 nitrogen and oxygen atoms in total. The van der Waals surface area contributed by atoms with E-state index in [4.69, 9.17) is 4.42 Å². The third-order valence-corrected chi connectivity index (χ3v) is 1.79. The molecule has 0 fully saturated rings. The Morgan fingerprint density at radius 3 is 3.20 bits per heavy atom. The summed E-state index contributed by atoms with van der Waals surface area (Å²) in [6.07, 6.45) is 1.44. The summed E-state index contributed by atoms with van der Waals surface area (Å²) in [5.41, 5.74) is 1.71. The Balaban J connectivity index is 2.86. The molecule has 2 aromatic rings. The van der Waals surface area contributed by atoms with Gasteiger partial charge in [0.2, 0.25) is 0 Å². The number of benzene rings is 1. The van der Waals surface area contributed by atoms with Crippen LogP contribution in [0.5, 0.6) is 0 Å². The highest BCUT2D eigenvalue weighted by Gasteiger charge is 1.95. The van der Waals surface area contributed by atoms with Gasteiger partial charge in [0.1, 0.15) is 5.52 Å². The molecule has 0 radical (unpaired) electrons. The minimum Gasteiger partial charge on any atom is -0.443 e. The number of oxazole rings is 1. The van der Waals surface area contributed by atoms with Crippen LogP contribution in [0.1, 0.15) is 0 Å². The van der Waals surface area contributed by atoms with Crippen LogP contribution in [0.25, 0.3) is 11.1 Å². The zero-order valence-corrected chi connectivity index (χ0v) is 6.63. The molecule has 50 valence electrons. The Labute approximate surface area is 66.0 Å². The summed E-state index contributed by atoms with van der Waals surface area (Å²) >= 11 is 3.34. The summed E-state index contributed by atoms with van der Waals surface area (Å²) in [4.78, 5) is 3.98. The first-order chi connectivity index (χ1) is 4.86. The molecule has 1 aromatic heterocycles. The van der Waals surface area contributed by atoms with Gasteiger partial charge in [-0.25, -0.2) is 4.98 Å². The van der Waals surface area contributed by atoms with E-state index in [1.165, 1.54) is 6.39 Å². The minimum absolute atomic E-state index is 0.822. The van der Waals surface area contributed by atoms with Crippen molar-refractivity contribution >= 4 is 27.0 Å². The average Bonchev–Trinajstić information content (AvgIpc) is 2.33. The van der Waals surface area contributed by atoms with Crippen molar-refractivity contribution in [1.29, 1.82) is 0 Å². The maximum absolute atomic E-state index is 5.04. The molecule has 1 heterocycles. The molecule has 0 bridgehead atoms. The molecule has 0 spiro atoms. The Morgan fingerprint density at radius 2 is 2.30 bits per heavy atom. The van der Waals surface area contributed by atoms with Crippen LogP contribution in [-0.4, -0.2) is 4.98 Å². The van der Waals surface area contributed by atoms with Crippen molar-refractivity contribution in [3.8, 4) is 0 Å². The highest BCUT2D eigenvalue weighted by molar-refractivity contribution is 9.10. The number of halogens is 1. The van der Waals surface area contributed by atoms with Crippen LogP contribution in [-0.2, 0) is 0 Å². The SMILES string of the molecule is Brc1ccc2ocnc2c1. The Bertz CT molecular complexity index is 355. The van der Waals surface area contributed by atoms with E-state index in [2.05, 4.69) is 20.9 Å². The van der Waals surface area contributed by atoms with Gasteiger partial charge in [-0.2, -0.15) is 0 Å². The van der Waals surface area contributed by atoms with Crippen LogP contribution in [0.4, 0.5) is 0 Å². The number of hydrogen-bond acceptors (Lipinski definition) is 2. The molecule has 0 atom stereocenters. The first-order valence-electron chi connectivity index (χ1n) is 2.85. The molecule has 3 heteroatoms. The number of rotatable bonds is 0. The van der Waals surface area contributed by atoms with Crippen LogP contribution in [0.2, 0.25) is 0 Å². The molecule has 0 amide bonds. The molecule has 0 saturated heterocycles. The van der Waals surface area contributed by atoms with E-state index in [9.17, 15) is 0 Å². The van der Waals surface area contributed by atoms with E-state index in [1.807, 2.05) is 18.2 Å². The lowest BCUT2D eigenvalue weighted by Crippen LogP contribution is -1.66. The quantitative estimate of drug-likeness (QED) is 0.650. The second kappa shape index (κ2) is 2.09. The number of nitrogens with zero attached hydrogens (tertiary/aromatic N) is 1. The van der Waals surface area contributed by atoms with Crippen molar-refractivity contribution in [2.24, 2.45) is 0 Å². The summed E-state index contributed by atoms with van der Waals surface area (Å²) in [5.74, 6) is 0. The van der Waals surface area contributed by atoms with Gasteiger partial charge >= 0.3 is 0 Å². The molecular formula is C7H4BrNO. The first-order valence-corrected chi connectivity index (χ1v) is 3.64. The van der Waals surface area contributed by atoms with E-state index in [1.54, 1.807) is 0 Å². The van der Waals surface area contributed by atoms with Crippen molar-refractivity contribution in [3.63, 3.8) is 0 Å². The predicted octanol–water partition coefficient (Wildman–Crippen LogP) is 2.59. The largest absolute Gasteiger partial charge is 0.443 e. The fourth-order valence-electron chi connectivity index (χ4n) is 0.831. The molecule has 0 aliphatic rings. The van der Waals surface area contributed by atoms with E-state index in [0.29, 0.717) is 0 Å². The highest BCUT2D eigenvalue weighted by Crippen LogP contribution is 2.17. The number of aromatic nitrogens is 1. The van der Waals surface area contributed by atoms with E-state index < -0.39 is 0 Å². The molecule has 0 aliphatic heterocycles. The van der Waals surface area contributed by atoms with Crippen molar-refractivity contribution in [1.82, 2.24) is 4.98 Å².